The van der Waals surface area contributed by atoms with Crippen LogP contribution in [0.5, 0.6) is 0 Å². The predicted octanol–water partition coefficient (Wildman–Crippen LogP) is 0.440. The second-order valence-electron chi connectivity index (χ2n) is 1.22. The summed E-state index contributed by atoms with van der Waals surface area (Å²) < 4.78 is 9.95. The Bertz CT molecular complexity index is 95.1. The molecule has 0 spiro atoms. The van der Waals surface area contributed by atoms with Gasteiger partial charge in [0.25, 0.3) is 0 Å². The van der Waals surface area contributed by atoms with E-state index in [4.69, 9.17) is 9.79 Å². The van der Waals surface area contributed by atoms with Crippen LogP contribution in [-0.2, 0) is 4.57 Å². The minimum Gasteiger partial charge on any atom is -0.324 e. The average Bonchev–Trinajstić information content (AvgIpc) is 1.31. The minimum absolute atomic E-state index is 0.840. The zero-order valence-corrected chi connectivity index (χ0v) is 5.56. The van der Waals surface area contributed by atoms with Crippen molar-refractivity contribution >= 4 is 20.2 Å². The van der Waals surface area contributed by atoms with E-state index in [-0.39, 0.29) is 0 Å². The summed E-state index contributed by atoms with van der Waals surface area (Å²) in [5.41, 5.74) is 0. The third-order valence-electron chi connectivity index (χ3n) is 0.487. The first kappa shape index (κ1) is 7.50. The van der Waals surface area contributed by atoms with E-state index in [1.807, 2.05) is 0 Å². The first-order valence-corrected chi connectivity index (χ1v) is 3.87. The summed E-state index contributed by atoms with van der Waals surface area (Å²) in [4.78, 5) is 15.4. The summed E-state index contributed by atoms with van der Waals surface area (Å²) in [7, 11) is -3.87. The lowest BCUT2D eigenvalue weighted by atomic mass is 11.0. The van der Waals surface area contributed by atoms with Gasteiger partial charge in [0.05, 0.1) is 0 Å². The molecule has 0 heterocycles. The van der Waals surface area contributed by atoms with Gasteiger partial charge in [-0.3, -0.25) is 4.57 Å². The molecule has 0 aliphatic carbocycles. The van der Waals surface area contributed by atoms with Gasteiger partial charge in [-0.05, 0) is 6.92 Å². The van der Waals surface area contributed by atoms with Crippen LogP contribution in [0, 0.1) is 0 Å². The maximum Gasteiger partial charge on any atom is 0.337 e. The highest BCUT2D eigenvalue weighted by Gasteiger charge is 2.18. The minimum atomic E-state index is -3.87. The lowest BCUT2D eigenvalue weighted by molar-refractivity contribution is 0.372. The van der Waals surface area contributed by atoms with E-state index in [1.54, 1.807) is 0 Å². The molecule has 0 radical (unpaired) electrons. The van der Waals surface area contributed by atoms with Crippen molar-refractivity contribution in [3.8, 4) is 0 Å². The number of hydrogen-bond donors (Lipinski definition) is 3. The molecule has 1 unspecified atom stereocenters. The highest BCUT2D eigenvalue weighted by Crippen LogP contribution is 2.42. The maximum atomic E-state index is 9.95. The topological polar surface area (TPSA) is 57.5 Å². The summed E-state index contributed by atoms with van der Waals surface area (Å²) in [5.74, 6) is 0. The Morgan fingerprint density at radius 3 is 1.86 bits per heavy atom. The first-order chi connectivity index (χ1) is 2.94. The molecular formula is C2H7O3PS. The monoisotopic (exact) mass is 142 g/mol. The quantitative estimate of drug-likeness (QED) is 0.368. The Morgan fingerprint density at radius 2 is 1.86 bits per heavy atom. The molecule has 0 fully saturated rings. The van der Waals surface area contributed by atoms with E-state index in [2.05, 4.69) is 12.6 Å². The Kier molecular flexibility index (Phi) is 2.33. The second kappa shape index (κ2) is 2.18. The maximum absolute atomic E-state index is 9.95. The summed E-state index contributed by atoms with van der Waals surface area (Å²) >= 11 is 3.52. The molecule has 0 saturated heterocycles. The first-order valence-electron chi connectivity index (χ1n) is 1.68. The zero-order chi connectivity index (χ0) is 6.08. The van der Waals surface area contributed by atoms with E-state index in [1.165, 1.54) is 6.92 Å². The normalized spacial score (nSPS) is 16.6. The van der Waals surface area contributed by atoms with Crippen LogP contribution in [0.4, 0.5) is 0 Å². The Labute approximate surface area is 47.3 Å². The summed E-state index contributed by atoms with van der Waals surface area (Å²) in [6, 6.07) is 0. The van der Waals surface area contributed by atoms with E-state index in [9.17, 15) is 4.57 Å². The van der Waals surface area contributed by atoms with Crippen LogP contribution in [0.15, 0.2) is 0 Å². The van der Waals surface area contributed by atoms with E-state index in [0.29, 0.717) is 0 Å². The van der Waals surface area contributed by atoms with Crippen molar-refractivity contribution in [2.24, 2.45) is 0 Å². The third-order valence-corrected chi connectivity index (χ3v) is 2.36. The SMILES string of the molecule is CC(S)P(=O)(O)O. The van der Waals surface area contributed by atoms with Crippen LogP contribution in [0.25, 0.3) is 0 Å². The van der Waals surface area contributed by atoms with Gasteiger partial charge in [0.15, 0.2) is 0 Å². The van der Waals surface area contributed by atoms with Crippen molar-refractivity contribution in [3.63, 3.8) is 0 Å². The molecule has 0 aromatic carbocycles. The molecule has 0 saturated carbocycles. The molecule has 5 heteroatoms. The molecule has 44 valence electrons. The lowest BCUT2D eigenvalue weighted by Crippen LogP contribution is -1.90. The molecule has 1 atom stereocenters. The van der Waals surface area contributed by atoms with Gasteiger partial charge in [0, 0.05) is 0 Å². The van der Waals surface area contributed by atoms with Crippen LogP contribution in [0.1, 0.15) is 6.92 Å². The van der Waals surface area contributed by atoms with Crippen molar-refractivity contribution in [2.75, 3.05) is 0 Å². The lowest BCUT2D eigenvalue weighted by Gasteiger charge is -2.03. The third kappa shape index (κ3) is 3.12. The highest BCUT2D eigenvalue weighted by molar-refractivity contribution is 7.89. The summed E-state index contributed by atoms with van der Waals surface area (Å²) in [6.07, 6.45) is 0. The van der Waals surface area contributed by atoms with Crippen LogP contribution in [0.2, 0.25) is 0 Å². The van der Waals surface area contributed by atoms with Crippen molar-refractivity contribution in [3.05, 3.63) is 0 Å². The van der Waals surface area contributed by atoms with Gasteiger partial charge >= 0.3 is 7.60 Å². The zero-order valence-electron chi connectivity index (χ0n) is 3.77. The van der Waals surface area contributed by atoms with Crippen LogP contribution >= 0.6 is 20.2 Å². The Balaban J connectivity index is 3.80. The van der Waals surface area contributed by atoms with Gasteiger partial charge in [-0.25, -0.2) is 0 Å². The smallest absolute Gasteiger partial charge is 0.324 e. The Morgan fingerprint density at radius 1 is 1.71 bits per heavy atom. The van der Waals surface area contributed by atoms with Gasteiger partial charge < -0.3 is 9.79 Å². The van der Waals surface area contributed by atoms with Gasteiger partial charge in [-0.1, -0.05) is 0 Å². The molecule has 7 heavy (non-hydrogen) atoms. The van der Waals surface area contributed by atoms with Gasteiger partial charge in [0.2, 0.25) is 0 Å². The molecule has 2 N–H and O–H groups in total. The number of thiol groups is 1. The van der Waals surface area contributed by atoms with Gasteiger partial charge in [-0.2, -0.15) is 12.6 Å². The second-order valence-corrected chi connectivity index (χ2v) is 4.36. The molecule has 0 bridgehead atoms. The van der Waals surface area contributed by atoms with Crippen molar-refractivity contribution < 1.29 is 14.4 Å². The van der Waals surface area contributed by atoms with Crippen LogP contribution < -0.4 is 0 Å². The van der Waals surface area contributed by atoms with Crippen molar-refractivity contribution in [1.82, 2.24) is 0 Å². The van der Waals surface area contributed by atoms with Crippen molar-refractivity contribution in [2.45, 2.75) is 11.9 Å². The number of rotatable bonds is 1. The van der Waals surface area contributed by atoms with E-state index in [0.717, 1.165) is 0 Å². The molecule has 0 rings (SSSR count). The standard InChI is InChI=1S/C2H7O3PS/c1-2(7)6(3,4)5/h2,7H,1H3,(H2,3,4,5). The molecule has 0 aromatic rings. The molecule has 0 aromatic heterocycles. The average molecular weight is 142 g/mol. The fraction of sp³-hybridized carbons (Fsp3) is 1.00. The van der Waals surface area contributed by atoms with Crippen LogP contribution in [0.3, 0.4) is 0 Å². The largest absolute Gasteiger partial charge is 0.337 e. The molecule has 3 nitrogen and oxygen atoms in total. The molecular weight excluding hydrogens is 135 g/mol. The van der Waals surface area contributed by atoms with E-state index < -0.39 is 12.6 Å². The molecule has 0 amide bonds. The van der Waals surface area contributed by atoms with Crippen LogP contribution in [-0.4, -0.2) is 14.8 Å². The molecule has 0 aliphatic heterocycles. The summed E-state index contributed by atoms with van der Waals surface area (Å²) in [5, 5.41) is 0. The van der Waals surface area contributed by atoms with Gasteiger partial charge in [0.1, 0.15) is 4.99 Å². The van der Waals surface area contributed by atoms with Crippen molar-refractivity contribution in [1.29, 1.82) is 0 Å². The van der Waals surface area contributed by atoms with Gasteiger partial charge in [-0.15, -0.1) is 0 Å². The Hall–Kier alpha value is 0.500. The predicted molar refractivity (Wildman–Crippen MR) is 30.5 cm³/mol. The summed E-state index contributed by atoms with van der Waals surface area (Å²) in [6.45, 7) is 1.35. The fourth-order valence-electron chi connectivity index (χ4n) is 0. The number of hydrogen-bond acceptors (Lipinski definition) is 2. The fourth-order valence-corrected chi connectivity index (χ4v) is 0. The molecule has 0 aliphatic rings. The highest BCUT2D eigenvalue weighted by atomic mass is 32.1. The van der Waals surface area contributed by atoms with E-state index >= 15 is 0 Å².